The van der Waals surface area contributed by atoms with Crippen LogP contribution in [0.25, 0.3) is 0 Å². The zero-order valence-electron chi connectivity index (χ0n) is 8.50. The van der Waals surface area contributed by atoms with Crippen molar-refractivity contribution in [3.05, 3.63) is 35.6 Å². The van der Waals surface area contributed by atoms with Gasteiger partial charge in [0.2, 0.25) is 5.91 Å². The molecule has 0 aromatic heterocycles. The van der Waals surface area contributed by atoms with Crippen molar-refractivity contribution in [1.29, 1.82) is 0 Å². The molecule has 5 nitrogen and oxygen atoms in total. The maximum atomic E-state index is 13.1. The Balaban J connectivity index is 2.54. The van der Waals surface area contributed by atoms with Crippen LogP contribution in [0.15, 0.2) is 24.3 Å². The van der Waals surface area contributed by atoms with E-state index in [1.54, 1.807) is 0 Å². The van der Waals surface area contributed by atoms with Gasteiger partial charge in [-0.25, -0.2) is 4.39 Å². The molecule has 1 rings (SSSR count). The number of carbonyl (C=O) groups excluding carboxylic acids is 2. The summed E-state index contributed by atoms with van der Waals surface area (Å²) in [5, 5.41) is 0. The van der Waals surface area contributed by atoms with Gasteiger partial charge in [0.15, 0.2) is 0 Å². The molecule has 16 heavy (non-hydrogen) atoms. The molecule has 0 aliphatic carbocycles. The summed E-state index contributed by atoms with van der Waals surface area (Å²) in [6.07, 6.45) is 0.0948. The molecule has 2 amide bonds. The van der Waals surface area contributed by atoms with Gasteiger partial charge in [0.1, 0.15) is 5.82 Å². The number of nitrogens with two attached hydrogens (primary N) is 1. The molecule has 4 N–H and O–H groups in total. The van der Waals surface area contributed by atoms with Crippen LogP contribution in [0.4, 0.5) is 4.39 Å². The van der Waals surface area contributed by atoms with Gasteiger partial charge >= 0.3 is 0 Å². The van der Waals surface area contributed by atoms with Crippen molar-refractivity contribution in [2.75, 3.05) is 6.54 Å². The van der Waals surface area contributed by atoms with Crippen molar-refractivity contribution in [2.24, 2.45) is 5.73 Å². The normalized spacial score (nSPS) is 9.62. The van der Waals surface area contributed by atoms with Gasteiger partial charge in [-0.15, -0.1) is 0 Å². The molecule has 1 aromatic carbocycles. The maximum absolute atomic E-state index is 13.1. The van der Waals surface area contributed by atoms with Crippen molar-refractivity contribution in [1.82, 2.24) is 10.9 Å². The topological polar surface area (TPSA) is 84.2 Å². The van der Waals surface area contributed by atoms with Crippen LogP contribution >= 0.6 is 0 Å². The molecule has 0 aliphatic heterocycles. The Hall–Kier alpha value is -1.95. The first kappa shape index (κ1) is 12.1. The number of rotatable bonds is 3. The summed E-state index contributed by atoms with van der Waals surface area (Å²) in [5.74, 6) is -1.77. The molecule has 1 aromatic rings. The Bertz CT molecular complexity index is 395. The molecule has 0 radical (unpaired) electrons. The quantitative estimate of drug-likeness (QED) is 0.630. The molecule has 0 heterocycles. The number of halogens is 1. The number of carbonyl (C=O) groups is 2. The van der Waals surface area contributed by atoms with Crippen molar-refractivity contribution in [2.45, 2.75) is 6.42 Å². The van der Waals surface area contributed by atoms with Gasteiger partial charge in [-0.3, -0.25) is 20.4 Å². The van der Waals surface area contributed by atoms with Gasteiger partial charge in [0, 0.05) is 13.0 Å². The standard InChI is InChI=1S/C10H12FN3O2/c11-8-4-2-1-3-7(8)10(16)14-13-9(15)5-6-12/h1-4H,5-6,12H2,(H,13,15)(H,14,16). The highest BCUT2D eigenvalue weighted by Crippen LogP contribution is 2.04. The number of hydrazine groups is 1. The zero-order chi connectivity index (χ0) is 12.0. The van der Waals surface area contributed by atoms with E-state index in [-0.39, 0.29) is 18.5 Å². The first-order valence-electron chi connectivity index (χ1n) is 4.69. The lowest BCUT2D eigenvalue weighted by Crippen LogP contribution is -2.42. The first-order chi connectivity index (χ1) is 7.65. The molecule has 0 unspecified atom stereocenters. The number of nitrogens with one attached hydrogen (secondary N) is 2. The second-order valence-corrected chi connectivity index (χ2v) is 3.02. The SMILES string of the molecule is NCCC(=O)NNC(=O)c1ccccc1F. The molecule has 0 saturated carbocycles. The number of benzene rings is 1. The molecular formula is C10H12FN3O2. The van der Waals surface area contributed by atoms with Gasteiger partial charge in [-0.1, -0.05) is 12.1 Å². The van der Waals surface area contributed by atoms with E-state index in [2.05, 4.69) is 10.9 Å². The minimum atomic E-state index is -0.705. The predicted molar refractivity (Wildman–Crippen MR) is 55.7 cm³/mol. The summed E-state index contributed by atoms with van der Waals surface area (Å²) in [7, 11) is 0. The summed E-state index contributed by atoms with van der Waals surface area (Å²) < 4.78 is 13.1. The number of hydrogen-bond donors (Lipinski definition) is 3. The van der Waals surface area contributed by atoms with E-state index in [4.69, 9.17) is 5.73 Å². The minimum Gasteiger partial charge on any atom is -0.330 e. The maximum Gasteiger partial charge on any atom is 0.272 e. The Kier molecular flexibility index (Phi) is 4.41. The molecule has 0 spiro atoms. The fraction of sp³-hybridized carbons (Fsp3) is 0.200. The minimum absolute atomic E-state index is 0.0948. The third-order valence-corrected chi connectivity index (χ3v) is 1.81. The van der Waals surface area contributed by atoms with E-state index >= 15 is 0 Å². The monoisotopic (exact) mass is 225 g/mol. The molecule has 0 saturated heterocycles. The third kappa shape index (κ3) is 3.32. The van der Waals surface area contributed by atoms with Crippen LogP contribution in [0.1, 0.15) is 16.8 Å². The highest BCUT2D eigenvalue weighted by Gasteiger charge is 2.10. The summed E-state index contributed by atoms with van der Waals surface area (Å²) in [4.78, 5) is 22.3. The van der Waals surface area contributed by atoms with Crippen LogP contribution in [0, 0.1) is 5.82 Å². The molecule has 86 valence electrons. The molecule has 0 fully saturated rings. The Labute approximate surface area is 91.8 Å². The largest absolute Gasteiger partial charge is 0.330 e. The lowest BCUT2D eigenvalue weighted by Gasteiger charge is -2.06. The van der Waals surface area contributed by atoms with Crippen LogP contribution in [0.2, 0.25) is 0 Å². The van der Waals surface area contributed by atoms with E-state index in [0.717, 1.165) is 6.07 Å². The van der Waals surface area contributed by atoms with E-state index in [1.807, 2.05) is 0 Å². The van der Waals surface area contributed by atoms with Crippen molar-refractivity contribution in [3.8, 4) is 0 Å². The van der Waals surface area contributed by atoms with Crippen molar-refractivity contribution < 1.29 is 14.0 Å². The second-order valence-electron chi connectivity index (χ2n) is 3.02. The fourth-order valence-electron chi connectivity index (χ4n) is 1.03. The summed E-state index contributed by atoms with van der Waals surface area (Å²) in [6.45, 7) is 0.182. The third-order valence-electron chi connectivity index (χ3n) is 1.81. The molecule has 0 atom stereocenters. The highest BCUT2D eigenvalue weighted by atomic mass is 19.1. The summed E-state index contributed by atoms with van der Waals surface area (Å²) >= 11 is 0. The van der Waals surface area contributed by atoms with Crippen LogP contribution in [-0.2, 0) is 4.79 Å². The van der Waals surface area contributed by atoms with E-state index in [1.165, 1.54) is 18.2 Å². The summed E-state index contributed by atoms with van der Waals surface area (Å²) in [5.41, 5.74) is 9.22. The number of amides is 2. The molecular weight excluding hydrogens is 213 g/mol. The molecule has 0 aliphatic rings. The summed E-state index contributed by atoms with van der Waals surface area (Å²) in [6, 6.07) is 5.48. The lowest BCUT2D eigenvalue weighted by atomic mass is 10.2. The van der Waals surface area contributed by atoms with Gasteiger partial charge < -0.3 is 5.73 Å². The highest BCUT2D eigenvalue weighted by molar-refractivity contribution is 5.95. The Morgan fingerprint density at radius 2 is 1.94 bits per heavy atom. The Morgan fingerprint density at radius 3 is 2.56 bits per heavy atom. The second kappa shape index (κ2) is 5.82. The van der Waals surface area contributed by atoms with Crippen LogP contribution < -0.4 is 16.6 Å². The van der Waals surface area contributed by atoms with Crippen LogP contribution in [0.3, 0.4) is 0 Å². The van der Waals surface area contributed by atoms with Gasteiger partial charge in [0.25, 0.3) is 5.91 Å². The van der Waals surface area contributed by atoms with Gasteiger partial charge in [0.05, 0.1) is 5.56 Å². The van der Waals surface area contributed by atoms with Gasteiger partial charge in [-0.05, 0) is 12.1 Å². The van der Waals surface area contributed by atoms with E-state index in [0.29, 0.717) is 0 Å². The molecule has 6 heteroatoms. The smallest absolute Gasteiger partial charge is 0.272 e. The average Bonchev–Trinajstić information content (AvgIpc) is 2.27. The van der Waals surface area contributed by atoms with E-state index < -0.39 is 17.6 Å². The number of hydrogen-bond acceptors (Lipinski definition) is 3. The predicted octanol–water partition coefficient (Wildman–Crippen LogP) is -0.0645. The van der Waals surface area contributed by atoms with Crippen molar-refractivity contribution >= 4 is 11.8 Å². The van der Waals surface area contributed by atoms with Gasteiger partial charge in [-0.2, -0.15) is 0 Å². The van der Waals surface area contributed by atoms with Crippen LogP contribution in [-0.4, -0.2) is 18.4 Å². The fourth-order valence-corrected chi connectivity index (χ4v) is 1.03. The zero-order valence-corrected chi connectivity index (χ0v) is 8.50. The first-order valence-corrected chi connectivity index (χ1v) is 4.69. The van der Waals surface area contributed by atoms with Crippen LogP contribution in [0.5, 0.6) is 0 Å². The molecule has 0 bridgehead atoms. The Morgan fingerprint density at radius 1 is 1.25 bits per heavy atom. The lowest BCUT2D eigenvalue weighted by molar-refractivity contribution is -0.121. The average molecular weight is 225 g/mol. The van der Waals surface area contributed by atoms with Crippen molar-refractivity contribution in [3.63, 3.8) is 0 Å². The van der Waals surface area contributed by atoms with E-state index in [9.17, 15) is 14.0 Å².